The van der Waals surface area contributed by atoms with Crippen LogP contribution in [0, 0.1) is 0 Å². The first-order valence-electron chi connectivity index (χ1n) is 7.59. The second-order valence-corrected chi connectivity index (χ2v) is 6.05. The Morgan fingerprint density at radius 3 is 2.55 bits per heavy atom. The molecule has 0 spiro atoms. The number of aliphatic hydroxyl groups excluding tert-OH is 1. The van der Waals surface area contributed by atoms with Crippen LogP contribution in [0.4, 0.5) is 0 Å². The van der Waals surface area contributed by atoms with Gasteiger partial charge < -0.3 is 5.11 Å². The minimum absolute atomic E-state index is 0.352. The van der Waals surface area contributed by atoms with Gasteiger partial charge in [-0.3, -0.25) is 9.59 Å². The molecule has 1 N–H and O–H groups in total. The Morgan fingerprint density at radius 1 is 1.14 bits per heavy atom. The third-order valence-corrected chi connectivity index (χ3v) is 3.92. The molecule has 1 aliphatic rings. The zero-order valence-electron chi connectivity index (χ0n) is 13.3. The quantitative estimate of drug-likeness (QED) is 0.666. The maximum atomic E-state index is 12.0. The molecule has 0 heterocycles. The monoisotopic (exact) mass is 298 g/mol. The standard InChI is InChI=1S/C19H22O3/c1-12(2)6-4-7-13(3)10-11-14-8-5-9-15-16(14)18(21)19(22)17(15)20/h5-6,8-10,19,22H,4,7,11H2,1-3H3/b13-10+. The zero-order chi connectivity index (χ0) is 16.3. The molecule has 0 saturated carbocycles. The number of Topliss-reactive ketones (excluding diaryl/α,β-unsaturated/α-hetero) is 2. The second-order valence-electron chi connectivity index (χ2n) is 6.05. The van der Waals surface area contributed by atoms with Crippen molar-refractivity contribution in [3.63, 3.8) is 0 Å². The van der Waals surface area contributed by atoms with Crippen LogP contribution in [0.15, 0.2) is 41.5 Å². The van der Waals surface area contributed by atoms with Crippen LogP contribution in [0.2, 0.25) is 0 Å². The van der Waals surface area contributed by atoms with Gasteiger partial charge in [-0.15, -0.1) is 0 Å². The summed E-state index contributed by atoms with van der Waals surface area (Å²) in [6, 6.07) is 5.23. The first-order valence-corrected chi connectivity index (χ1v) is 7.59. The van der Waals surface area contributed by atoms with Crippen LogP contribution in [0.25, 0.3) is 0 Å². The Labute approximate surface area is 131 Å². The molecule has 1 unspecified atom stereocenters. The van der Waals surface area contributed by atoms with Gasteiger partial charge in [-0.1, -0.05) is 41.5 Å². The van der Waals surface area contributed by atoms with E-state index in [-0.39, 0.29) is 0 Å². The summed E-state index contributed by atoms with van der Waals surface area (Å²) in [5, 5.41) is 9.64. The maximum Gasteiger partial charge on any atom is 0.200 e. The number of hydrogen-bond donors (Lipinski definition) is 1. The molecule has 0 radical (unpaired) electrons. The van der Waals surface area contributed by atoms with Crippen molar-refractivity contribution in [3.8, 4) is 0 Å². The normalized spacial score (nSPS) is 17.6. The van der Waals surface area contributed by atoms with Gasteiger partial charge in [0.15, 0.2) is 17.7 Å². The van der Waals surface area contributed by atoms with Crippen molar-refractivity contribution < 1.29 is 14.7 Å². The van der Waals surface area contributed by atoms with Crippen molar-refractivity contribution in [2.75, 3.05) is 0 Å². The van der Waals surface area contributed by atoms with Gasteiger partial charge in [-0.25, -0.2) is 0 Å². The summed E-state index contributed by atoms with van der Waals surface area (Å²) < 4.78 is 0. The Morgan fingerprint density at radius 2 is 1.86 bits per heavy atom. The molecule has 22 heavy (non-hydrogen) atoms. The number of carbonyl (C=O) groups is 2. The lowest BCUT2D eigenvalue weighted by Crippen LogP contribution is -2.21. The van der Waals surface area contributed by atoms with E-state index in [4.69, 9.17) is 0 Å². The Bertz CT molecular complexity index is 661. The highest BCUT2D eigenvalue weighted by molar-refractivity contribution is 6.29. The second kappa shape index (κ2) is 6.84. The average Bonchev–Trinajstić information content (AvgIpc) is 2.70. The van der Waals surface area contributed by atoms with Gasteiger partial charge >= 0.3 is 0 Å². The third kappa shape index (κ3) is 3.42. The molecule has 0 aromatic heterocycles. The minimum atomic E-state index is -1.51. The van der Waals surface area contributed by atoms with E-state index in [2.05, 4.69) is 32.9 Å². The van der Waals surface area contributed by atoms with Crippen LogP contribution in [0.1, 0.15) is 59.9 Å². The summed E-state index contributed by atoms with van der Waals surface area (Å²) in [5.74, 6) is -0.947. The predicted molar refractivity (Wildman–Crippen MR) is 87.2 cm³/mol. The Kier molecular flexibility index (Phi) is 5.09. The molecule has 0 bridgehead atoms. The van der Waals surface area contributed by atoms with E-state index in [9.17, 15) is 14.7 Å². The Balaban J connectivity index is 2.14. The number of hydrogen-bond acceptors (Lipinski definition) is 3. The van der Waals surface area contributed by atoms with Crippen LogP contribution in [-0.4, -0.2) is 22.8 Å². The number of rotatable bonds is 5. The van der Waals surface area contributed by atoms with Crippen molar-refractivity contribution in [1.29, 1.82) is 0 Å². The fourth-order valence-electron chi connectivity index (χ4n) is 2.64. The number of allylic oxidation sites excluding steroid dienone is 4. The summed E-state index contributed by atoms with van der Waals surface area (Å²) in [4.78, 5) is 23.8. The van der Waals surface area contributed by atoms with Gasteiger partial charge in [0.25, 0.3) is 0 Å². The smallest absolute Gasteiger partial charge is 0.200 e. The molecule has 1 aromatic rings. The summed E-state index contributed by atoms with van der Waals surface area (Å²) >= 11 is 0. The molecule has 116 valence electrons. The van der Waals surface area contributed by atoms with Gasteiger partial charge in [0, 0.05) is 11.1 Å². The van der Waals surface area contributed by atoms with Crippen LogP contribution in [-0.2, 0) is 6.42 Å². The number of fused-ring (bicyclic) bond motifs is 1. The van der Waals surface area contributed by atoms with Crippen molar-refractivity contribution in [2.45, 2.75) is 46.1 Å². The first-order chi connectivity index (χ1) is 10.4. The van der Waals surface area contributed by atoms with Crippen molar-refractivity contribution in [2.24, 2.45) is 0 Å². The van der Waals surface area contributed by atoms with E-state index in [0.29, 0.717) is 17.5 Å². The molecule has 0 aliphatic heterocycles. The van der Waals surface area contributed by atoms with E-state index in [1.165, 1.54) is 11.1 Å². The largest absolute Gasteiger partial charge is 0.377 e. The maximum absolute atomic E-state index is 12.0. The summed E-state index contributed by atoms with van der Waals surface area (Å²) in [5.41, 5.74) is 4.13. The molecule has 0 fully saturated rings. The number of aliphatic hydroxyl groups is 1. The number of ketones is 2. The first kappa shape index (κ1) is 16.4. The summed E-state index contributed by atoms with van der Waals surface area (Å²) in [6.07, 6.45) is 5.38. The summed E-state index contributed by atoms with van der Waals surface area (Å²) in [6.45, 7) is 6.24. The highest BCUT2D eigenvalue weighted by Gasteiger charge is 2.38. The number of benzene rings is 1. The lowest BCUT2D eigenvalue weighted by Gasteiger charge is -2.05. The Hall–Kier alpha value is -2.00. The SMILES string of the molecule is CC(C)=CCC/C(C)=C/Cc1cccc2c1C(=O)C(O)C2=O. The van der Waals surface area contributed by atoms with Crippen LogP contribution in [0.3, 0.4) is 0 Å². The molecule has 1 aromatic carbocycles. The lowest BCUT2D eigenvalue weighted by atomic mass is 9.98. The van der Waals surface area contributed by atoms with E-state index in [1.807, 2.05) is 6.07 Å². The average molecular weight is 298 g/mol. The molecule has 1 atom stereocenters. The van der Waals surface area contributed by atoms with Crippen molar-refractivity contribution in [1.82, 2.24) is 0 Å². The molecule has 1 aliphatic carbocycles. The molecule has 0 amide bonds. The topological polar surface area (TPSA) is 54.4 Å². The predicted octanol–water partition coefficient (Wildman–Crippen LogP) is 3.66. The molecule has 0 saturated heterocycles. The van der Waals surface area contributed by atoms with Gasteiger partial charge in [-0.05, 0) is 45.6 Å². The molecular formula is C19H22O3. The fourth-order valence-corrected chi connectivity index (χ4v) is 2.64. The molecular weight excluding hydrogens is 276 g/mol. The minimum Gasteiger partial charge on any atom is -0.377 e. The molecule has 3 nitrogen and oxygen atoms in total. The van der Waals surface area contributed by atoms with E-state index < -0.39 is 17.7 Å². The van der Waals surface area contributed by atoms with E-state index in [1.54, 1.807) is 12.1 Å². The van der Waals surface area contributed by atoms with Gasteiger partial charge in [-0.2, -0.15) is 0 Å². The van der Waals surface area contributed by atoms with Crippen molar-refractivity contribution in [3.05, 3.63) is 58.2 Å². The highest BCUT2D eigenvalue weighted by Crippen LogP contribution is 2.26. The molecule has 3 heteroatoms. The fraction of sp³-hybridized carbons (Fsp3) is 0.368. The van der Waals surface area contributed by atoms with E-state index >= 15 is 0 Å². The van der Waals surface area contributed by atoms with Gasteiger partial charge in [0.05, 0.1) is 0 Å². The summed E-state index contributed by atoms with van der Waals surface area (Å²) in [7, 11) is 0. The lowest BCUT2D eigenvalue weighted by molar-refractivity contribution is 0.0663. The van der Waals surface area contributed by atoms with Crippen molar-refractivity contribution >= 4 is 11.6 Å². The van der Waals surface area contributed by atoms with E-state index in [0.717, 1.165) is 18.4 Å². The van der Waals surface area contributed by atoms with Gasteiger partial charge in [0.1, 0.15) is 0 Å². The van der Waals surface area contributed by atoms with Crippen LogP contribution >= 0.6 is 0 Å². The third-order valence-electron chi connectivity index (χ3n) is 3.92. The van der Waals surface area contributed by atoms with Crippen LogP contribution in [0.5, 0.6) is 0 Å². The van der Waals surface area contributed by atoms with Gasteiger partial charge in [0.2, 0.25) is 0 Å². The van der Waals surface area contributed by atoms with Crippen LogP contribution < -0.4 is 0 Å². The zero-order valence-corrected chi connectivity index (χ0v) is 13.3. The highest BCUT2D eigenvalue weighted by atomic mass is 16.3. The molecule has 2 rings (SSSR count). The number of carbonyl (C=O) groups excluding carboxylic acids is 2.